The number of amides is 1. The Morgan fingerprint density at radius 3 is 1.31 bits per heavy atom. The SMILES string of the molecule is CCCCCCCCC/C=C\CCCCCCCC(=O)NC(COP(=O)(O)OCC[N+](C)(C)C)C(O)/C=C/CCCCCCCCCCCCCCCCCCCCC. The molecular weight excluding hydrogens is 756 g/mol. The summed E-state index contributed by atoms with van der Waals surface area (Å²) in [5.41, 5.74) is 0. The number of hydrogen-bond donors (Lipinski definition) is 3. The number of hydrogen-bond acceptors (Lipinski definition) is 5. The quantitative estimate of drug-likeness (QED) is 0.0244. The van der Waals surface area contributed by atoms with Crippen molar-refractivity contribution in [2.75, 3.05) is 40.9 Å². The van der Waals surface area contributed by atoms with Crippen molar-refractivity contribution in [3.8, 4) is 0 Å². The maximum Gasteiger partial charge on any atom is 0.472 e. The average Bonchev–Trinajstić information content (AvgIpc) is 3.19. The van der Waals surface area contributed by atoms with Crippen LogP contribution in [-0.2, 0) is 18.4 Å². The average molecular weight is 856 g/mol. The molecule has 0 radical (unpaired) electrons. The maximum absolute atomic E-state index is 12.9. The number of quaternary nitrogens is 1. The summed E-state index contributed by atoms with van der Waals surface area (Å²) in [5, 5.41) is 13.9. The van der Waals surface area contributed by atoms with Gasteiger partial charge >= 0.3 is 7.82 Å². The molecule has 8 nitrogen and oxygen atoms in total. The minimum Gasteiger partial charge on any atom is -0.387 e. The summed E-state index contributed by atoms with van der Waals surface area (Å²) in [5.74, 6) is -0.183. The fourth-order valence-corrected chi connectivity index (χ4v) is 8.13. The molecule has 59 heavy (non-hydrogen) atoms. The van der Waals surface area contributed by atoms with Gasteiger partial charge in [-0.15, -0.1) is 0 Å². The molecule has 0 aromatic carbocycles. The van der Waals surface area contributed by atoms with Crippen LogP contribution in [0.4, 0.5) is 0 Å². The summed E-state index contributed by atoms with van der Waals surface area (Å²) < 4.78 is 23.6. The van der Waals surface area contributed by atoms with E-state index in [1.165, 1.54) is 167 Å². The van der Waals surface area contributed by atoms with Crippen molar-refractivity contribution in [1.82, 2.24) is 5.32 Å². The number of nitrogens with one attached hydrogen (secondary N) is 1. The molecule has 0 aliphatic rings. The monoisotopic (exact) mass is 856 g/mol. The Hall–Kier alpha value is -1.02. The Morgan fingerprint density at radius 1 is 0.559 bits per heavy atom. The van der Waals surface area contributed by atoms with Crippen LogP contribution in [0.5, 0.6) is 0 Å². The van der Waals surface area contributed by atoms with E-state index in [1.807, 2.05) is 27.2 Å². The predicted molar refractivity (Wildman–Crippen MR) is 254 cm³/mol. The minimum absolute atomic E-state index is 0.0613. The van der Waals surface area contributed by atoms with Crippen molar-refractivity contribution in [3.63, 3.8) is 0 Å². The van der Waals surface area contributed by atoms with Gasteiger partial charge < -0.3 is 19.8 Å². The number of carbonyl (C=O) groups excluding carboxylic acids is 1. The molecule has 0 aliphatic carbocycles. The number of allylic oxidation sites excluding steroid dienone is 3. The van der Waals surface area contributed by atoms with Crippen LogP contribution in [0.2, 0.25) is 0 Å². The number of unbranched alkanes of at least 4 members (excludes halogenated alkanes) is 31. The summed E-state index contributed by atoms with van der Waals surface area (Å²) in [4.78, 5) is 23.2. The summed E-state index contributed by atoms with van der Waals surface area (Å²) in [6.07, 6.45) is 51.1. The van der Waals surface area contributed by atoms with Gasteiger partial charge in [0.15, 0.2) is 0 Å². The number of carbonyl (C=O) groups is 1. The number of aliphatic hydroxyl groups is 1. The zero-order chi connectivity index (χ0) is 43.6. The highest BCUT2D eigenvalue weighted by atomic mass is 31.2. The molecule has 0 spiro atoms. The van der Waals surface area contributed by atoms with Crippen molar-refractivity contribution in [2.45, 2.75) is 251 Å². The van der Waals surface area contributed by atoms with E-state index in [0.717, 1.165) is 51.4 Å². The molecule has 1 amide bonds. The van der Waals surface area contributed by atoms with Crippen molar-refractivity contribution in [3.05, 3.63) is 24.3 Å². The molecular formula is C50H100N2O6P+. The highest BCUT2D eigenvalue weighted by Crippen LogP contribution is 2.43. The predicted octanol–water partition coefficient (Wildman–Crippen LogP) is 14.5. The van der Waals surface area contributed by atoms with Crippen molar-refractivity contribution < 1.29 is 32.9 Å². The summed E-state index contributed by atoms with van der Waals surface area (Å²) in [6.45, 7) is 4.83. The highest BCUT2D eigenvalue weighted by molar-refractivity contribution is 7.47. The summed E-state index contributed by atoms with van der Waals surface area (Å²) in [6, 6.07) is -0.848. The van der Waals surface area contributed by atoms with E-state index in [1.54, 1.807) is 6.08 Å². The first-order chi connectivity index (χ1) is 28.5. The molecule has 0 saturated heterocycles. The van der Waals surface area contributed by atoms with E-state index in [0.29, 0.717) is 17.4 Å². The van der Waals surface area contributed by atoms with E-state index >= 15 is 0 Å². The maximum atomic E-state index is 12.9. The molecule has 0 heterocycles. The lowest BCUT2D eigenvalue weighted by atomic mass is 10.0. The largest absolute Gasteiger partial charge is 0.472 e. The molecule has 0 aromatic rings. The van der Waals surface area contributed by atoms with E-state index in [-0.39, 0.29) is 19.1 Å². The third-order valence-electron chi connectivity index (χ3n) is 11.4. The number of likely N-dealkylation sites (N-methyl/N-ethyl adjacent to an activating group) is 1. The topological polar surface area (TPSA) is 105 Å². The Morgan fingerprint density at radius 2 is 0.915 bits per heavy atom. The molecule has 0 bridgehead atoms. The second-order valence-corrected chi connectivity index (χ2v) is 20.0. The number of rotatable bonds is 46. The van der Waals surface area contributed by atoms with Crippen LogP contribution >= 0.6 is 7.82 Å². The first-order valence-corrected chi connectivity index (χ1v) is 26.7. The van der Waals surface area contributed by atoms with Crippen molar-refractivity contribution in [1.29, 1.82) is 0 Å². The Balaban J connectivity index is 4.32. The van der Waals surface area contributed by atoms with Crippen molar-refractivity contribution in [2.24, 2.45) is 0 Å². The van der Waals surface area contributed by atoms with Crippen LogP contribution in [0.25, 0.3) is 0 Å². The lowest BCUT2D eigenvalue weighted by molar-refractivity contribution is -0.870. The standard InChI is InChI=1S/C50H99N2O6P/c1-6-8-10-12-14-16-18-20-22-24-25-26-27-28-29-31-33-35-37-39-41-43-49(53)48(47-58-59(55,56)57-46-45-52(3,4)5)51-50(54)44-42-40-38-36-34-32-30-23-21-19-17-15-13-11-9-7-2/h23,30,41,43,48-49,53H,6-22,24-29,31-40,42,44-47H2,1-5H3,(H-,51,54,55,56)/p+1/b30-23-,43-41+. The fourth-order valence-electron chi connectivity index (χ4n) is 7.39. The van der Waals surface area contributed by atoms with Crippen LogP contribution in [0.3, 0.4) is 0 Å². The van der Waals surface area contributed by atoms with Gasteiger partial charge in [0, 0.05) is 6.42 Å². The van der Waals surface area contributed by atoms with Gasteiger partial charge in [-0.25, -0.2) is 4.57 Å². The van der Waals surface area contributed by atoms with E-state index in [9.17, 15) is 19.4 Å². The number of aliphatic hydroxyl groups excluding tert-OH is 1. The second-order valence-electron chi connectivity index (χ2n) is 18.5. The molecule has 0 saturated carbocycles. The molecule has 350 valence electrons. The first-order valence-electron chi connectivity index (χ1n) is 25.2. The summed E-state index contributed by atoms with van der Waals surface area (Å²) >= 11 is 0. The Bertz CT molecular complexity index is 1020. The molecule has 3 N–H and O–H groups in total. The lowest BCUT2D eigenvalue weighted by Crippen LogP contribution is -2.45. The molecule has 0 fully saturated rings. The highest BCUT2D eigenvalue weighted by Gasteiger charge is 2.27. The molecule has 0 aromatic heterocycles. The van der Waals surface area contributed by atoms with Gasteiger partial charge in [0.1, 0.15) is 13.2 Å². The number of nitrogens with zero attached hydrogens (tertiary/aromatic N) is 1. The van der Waals surface area contributed by atoms with Crippen LogP contribution in [0.1, 0.15) is 239 Å². The van der Waals surface area contributed by atoms with Crippen LogP contribution in [0.15, 0.2) is 24.3 Å². The fraction of sp³-hybridized carbons (Fsp3) is 0.900. The van der Waals surface area contributed by atoms with Crippen LogP contribution in [0, 0.1) is 0 Å². The van der Waals surface area contributed by atoms with Crippen molar-refractivity contribution >= 4 is 13.7 Å². The van der Waals surface area contributed by atoms with Gasteiger partial charge in [0.05, 0.1) is 39.9 Å². The summed E-state index contributed by atoms with van der Waals surface area (Å²) in [7, 11) is 1.57. The van der Waals surface area contributed by atoms with Gasteiger partial charge in [-0.3, -0.25) is 13.8 Å². The van der Waals surface area contributed by atoms with Gasteiger partial charge in [-0.05, 0) is 44.9 Å². The number of phosphoric acid groups is 1. The third-order valence-corrected chi connectivity index (χ3v) is 12.4. The zero-order valence-corrected chi connectivity index (χ0v) is 40.7. The van der Waals surface area contributed by atoms with Crippen LogP contribution < -0.4 is 5.32 Å². The molecule has 3 atom stereocenters. The van der Waals surface area contributed by atoms with E-state index in [2.05, 4.69) is 31.3 Å². The van der Waals surface area contributed by atoms with Gasteiger partial charge in [-0.1, -0.05) is 212 Å². The van der Waals surface area contributed by atoms with Gasteiger partial charge in [-0.2, -0.15) is 0 Å². The second kappa shape index (κ2) is 42.3. The molecule has 3 unspecified atom stereocenters. The number of phosphoric ester groups is 1. The van der Waals surface area contributed by atoms with Gasteiger partial charge in [0.25, 0.3) is 0 Å². The van der Waals surface area contributed by atoms with Gasteiger partial charge in [0.2, 0.25) is 5.91 Å². The lowest BCUT2D eigenvalue weighted by Gasteiger charge is -2.25. The molecule has 0 rings (SSSR count). The molecule has 0 aliphatic heterocycles. The third kappa shape index (κ3) is 44.8. The van der Waals surface area contributed by atoms with E-state index < -0.39 is 20.0 Å². The zero-order valence-electron chi connectivity index (χ0n) is 39.8. The normalized spacial score (nSPS) is 14.4. The Kier molecular flexibility index (Phi) is 41.6. The van der Waals surface area contributed by atoms with E-state index in [4.69, 9.17) is 9.05 Å². The smallest absolute Gasteiger partial charge is 0.387 e. The Labute approximate surface area is 366 Å². The minimum atomic E-state index is -4.34. The first kappa shape index (κ1) is 58.0. The van der Waals surface area contributed by atoms with Crippen LogP contribution in [-0.4, -0.2) is 73.4 Å². The molecule has 9 heteroatoms.